The van der Waals surface area contributed by atoms with Gasteiger partial charge in [0.2, 0.25) is 0 Å². The predicted molar refractivity (Wildman–Crippen MR) is 116 cm³/mol. The molecule has 2 aromatic carbocycles. The summed E-state index contributed by atoms with van der Waals surface area (Å²) in [4.78, 5) is 23.8. The van der Waals surface area contributed by atoms with E-state index in [0.717, 1.165) is 5.56 Å². The lowest BCUT2D eigenvalue weighted by atomic mass is 10.1. The lowest BCUT2D eigenvalue weighted by Gasteiger charge is -2.19. The van der Waals surface area contributed by atoms with Gasteiger partial charge in [-0.25, -0.2) is 4.79 Å². The first kappa shape index (κ1) is 21.9. The number of nitrogens with one attached hydrogen (secondary N) is 2. The number of rotatable bonds is 7. The van der Waals surface area contributed by atoms with E-state index in [1.54, 1.807) is 51.1 Å². The van der Waals surface area contributed by atoms with E-state index >= 15 is 0 Å². The van der Waals surface area contributed by atoms with Crippen LogP contribution in [-0.2, 0) is 4.74 Å². The van der Waals surface area contributed by atoms with Gasteiger partial charge >= 0.3 is 6.09 Å². The van der Waals surface area contributed by atoms with Crippen LogP contribution >= 0.6 is 0 Å². The van der Waals surface area contributed by atoms with Gasteiger partial charge in [0, 0.05) is 22.9 Å². The zero-order valence-electron chi connectivity index (χ0n) is 17.7. The van der Waals surface area contributed by atoms with E-state index in [1.165, 1.54) is 0 Å². The Morgan fingerprint density at radius 2 is 1.74 bits per heavy atom. The highest BCUT2D eigenvalue weighted by Crippen LogP contribution is 2.25. The standard InChI is InChI=1S/C23H25N3O5/c1-23(2,3)30-22(28)24-13-14-29-20-15-19(31-26-20)16-9-11-18(12-10-16)25-21(27)17-7-5-4-6-8-17/h4-12,15H,13-14H2,1-3H3,(H,24,28)(H,25,27). The summed E-state index contributed by atoms with van der Waals surface area (Å²) >= 11 is 0. The molecule has 0 spiro atoms. The third kappa shape index (κ3) is 6.88. The summed E-state index contributed by atoms with van der Waals surface area (Å²) in [5.41, 5.74) is 1.49. The van der Waals surface area contributed by atoms with Gasteiger partial charge in [0.15, 0.2) is 5.76 Å². The smallest absolute Gasteiger partial charge is 0.407 e. The molecule has 0 atom stereocenters. The summed E-state index contributed by atoms with van der Waals surface area (Å²) in [7, 11) is 0. The van der Waals surface area contributed by atoms with Crippen molar-refractivity contribution in [2.24, 2.45) is 0 Å². The van der Waals surface area contributed by atoms with Crippen LogP contribution in [0.5, 0.6) is 5.88 Å². The largest absolute Gasteiger partial charge is 0.474 e. The van der Waals surface area contributed by atoms with Crippen LogP contribution in [0.4, 0.5) is 10.5 Å². The van der Waals surface area contributed by atoms with Crippen molar-refractivity contribution in [2.75, 3.05) is 18.5 Å². The van der Waals surface area contributed by atoms with Crippen LogP contribution in [-0.4, -0.2) is 35.9 Å². The highest BCUT2D eigenvalue weighted by molar-refractivity contribution is 6.04. The van der Waals surface area contributed by atoms with Crippen LogP contribution in [0.2, 0.25) is 0 Å². The van der Waals surface area contributed by atoms with Crippen molar-refractivity contribution in [2.45, 2.75) is 26.4 Å². The quantitative estimate of drug-likeness (QED) is 0.543. The van der Waals surface area contributed by atoms with Crippen molar-refractivity contribution in [1.82, 2.24) is 10.5 Å². The Bertz CT molecular complexity index is 1010. The maximum absolute atomic E-state index is 12.2. The SMILES string of the molecule is CC(C)(C)OC(=O)NCCOc1cc(-c2ccc(NC(=O)c3ccccc3)cc2)on1. The normalized spacial score (nSPS) is 10.9. The van der Waals surface area contributed by atoms with Crippen LogP contribution in [0.1, 0.15) is 31.1 Å². The summed E-state index contributed by atoms with van der Waals surface area (Å²) in [5.74, 6) is 0.655. The third-order valence-electron chi connectivity index (χ3n) is 3.97. The molecule has 8 nitrogen and oxygen atoms in total. The molecule has 162 valence electrons. The molecule has 0 saturated carbocycles. The second kappa shape index (κ2) is 9.80. The van der Waals surface area contributed by atoms with Crippen molar-refractivity contribution >= 4 is 17.7 Å². The molecular formula is C23H25N3O5. The van der Waals surface area contributed by atoms with Gasteiger partial charge < -0.3 is 24.6 Å². The summed E-state index contributed by atoms with van der Waals surface area (Å²) in [6.45, 7) is 5.87. The zero-order valence-corrected chi connectivity index (χ0v) is 17.7. The Balaban J connectivity index is 1.48. The number of anilines is 1. The van der Waals surface area contributed by atoms with E-state index in [0.29, 0.717) is 22.9 Å². The van der Waals surface area contributed by atoms with Gasteiger partial charge in [0.05, 0.1) is 6.54 Å². The van der Waals surface area contributed by atoms with Crippen molar-refractivity contribution in [3.63, 3.8) is 0 Å². The van der Waals surface area contributed by atoms with E-state index in [-0.39, 0.29) is 19.1 Å². The number of nitrogens with zero attached hydrogens (tertiary/aromatic N) is 1. The molecule has 2 N–H and O–H groups in total. The highest BCUT2D eigenvalue weighted by atomic mass is 16.6. The number of aromatic nitrogens is 1. The van der Waals surface area contributed by atoms with Crippen molar-refractivity contribution < 1.29 is 23.6 Å². The fourth-order valence-electron chi connectivity index (χ4n) is 2.60. The van der Waals surface area contributed by atoms with E-state index in [9.17, 15) is 9.59 Å². The first-order valence-electron chi connectivity index (χ1n) is 9.83. The number of carbonyl (C=O) groups excluding carboxylic acids is 2. The molecule has 0 aliphatic rings. The van der Waals surface area contributed by atoms with Crippen LogP contribution in [0.3, 0.4) is 0 Å². The van der Waals surface area contributed by atoms with E-state index in [1.807, 2.05) is 30.3 Å². The van der Waals surface area contributed by atoms with Crippen molar-refractivity contribution in [3.05, 3.63) is 66.2 Å². The number of hydrogen-bond acceptors (Lipinski definition) is 6. The molecule has 1 heterocycles. The maximum Gasteiger partial charge on any atom is 0.407 e. The van der Waals surface area contributed by atoms with Gasteiger partial charge in [-0.15, -0.1) is 0 Å². The lowest BCUT2D eigenvalue weighted by Crippen LogP contribution is -2.34. The number of carbonyl (C=O) groups is 2. The van der Waals surface area contributed by atoms with Gasteiger partial charge in [0.25, 0.3) is 11.8 Å². The number of benzene rings is 2. The first-order valence-corrected chi connectivity index (χ1v) is 9.83. The molecule has 0 radical (unpaired) electrons. The zero-order chi connectivity index (χ0) is 22.3. The molecule has 0 aliphatic carbocycles. The van der Waals surface area contributed by atoms with E-state index in [4.69, 9.17) is 14.0 Å². The van der Waals surface area contributed by atoms with E-state index < -0.39 is 11.7 Å². The van der Waals surface area contributed by atoms with Crippen molar-refractivity contribution in [1.29, 1.82) is 0 Å². The molecule has 1 aromatic heterocycles. The monoisotopic (exact) mass is 423 g/mol. The first-order chi connectivity index (χ1) is 14.8. The van der Waals surface area contributed by atoms with Gasteiger partial charge in [-0.05, 0) is 62.3 Å². The third-order valence-corrected chi connectivity index (χ3v) is 3.97. The number of hydrogen-bond donors (Lipinski definition) is 2. The van der Waals surface area contributed by atoms with Gasteiger partial charge in [-0.2, -0.15) is 0 Å². The average molecular weight is 423 g/mol. The summed E-state index contributed by atoms with van der Waals surface area (Å²) in [6.07, 6.45) is -0.503. The Kier molecular flexibility index (Phi) is 6.92. The number of amides is 2. The molecule has 2 amide bonds. The Morgan fingerprint density at radius 1 is 1.03 bits per heavy atom. The minimum atomic E-state index is -0.550. The fraction of sp³-hybridized carbons (Fsp3) is 0.261. The molecule has 31 heavy (non-hydrogen) atoms. The maximum atomic E-state index is 12.2. The molecular weight excluding hydrogens is 398 g/mol. The average Bonchev–Trinajstić information content (AvgIpc) is 3.20. The molecule has 0 aliphatic heterocycles. The minimum Gasteiger partial charge on any atom is -0.474 e. The Morgan fingerprint density at radius 3 is 2.42 bits per heavy atom. The summed E-state index contributed by atoms with van der Waals surface area (Å²) in [6, 6.07) is 17.8. The topological polar surface area (TPSA) is 103 Å². The minimum absolute atomic E-state index is 0.177. The van der Waals surface area contributed by atoms with Gasteiger partial charge in [0.1, 0.15) is 12.2 Å². The highest BCUT2D eigenvalue weighted by Gasteiger charge is 2.15. The number of alkyl carbamates (subject to hydrolysis) is 1. The van der Waals surface area contributed by atoms with Gasteiger partial charge in [-0.3, -0.25) is 4.79 Å². The van der Waals surface area contributed by atoms with Crippen LogP contribution in [0.25, 0.3) is 11.3 Å². The van der Waals surface area contributed by atoms with Crippen LogP contribution in [0.15, 0.2) is 65.2 Å². The Labute approximate surface area is 180 Å². The van der Waals surface area contributed by atoms with Gasteiger partial charge in [-0.1, -0.05) is 18.2 Å². The number of ether oxygens (including phenoxy) is 2. The fourth-order valence-corrected chi connectivity index (χ4v) is 2.60. The summed E-state index contributed by atoms with van der Waals surface area (Å²) < 4.78 is 15.9. The van der Waals surface area contributed by atoms with Crippen molar-refractivity contribution in [3.8, 4) is 17.2 Å². The second-order valence-electron chi connectivity index (χ2n) is 7.70. The second-order valence-corrected chi connectivity index (χ2v) is 7.70. The molecule has 0 saturated heterocycles. The molecule has 0 bridgehead atoms. The molecule has 3 aromatic rings. The predicted octanol–water partition coefficient (Wildman–Crippen LogP) is 4.50. The van der Waals surface area contributed by atoms with Crippen LogP contribution in [0, 0.1) is 0 Å². The molecule has 8 heteroatoms. The molecule has 0 unspecified atom stereocenters. The molecule has 0 fully saturated rings. The Hall–Kier alpha value is -3.81. The lowest BCUT2D eigenvalue weighted by molar-refractivity contribution is 0.0519. The summed E-state index contributed by atoms with van der Waals surface area (Å²) in [5, 5.41) is 9.32. The molecule has 3 rings (SSSR count). The van der Waals surface area contributed by atoms with Crippen LogP contribution < -0.4 is 15.4 Å². The van der Waals surface area contributed by atoms with E-state index in [2.05, 4.69) is 15.8 Å².